The molecule has 0 radical (unpaired) electrons. The summed E-state index contributed by atoms with van der Waals surface area (Å²) in [6, 6.07) is 8.26. The molecular formula is C15H23ClN4O2. The van der Waals surface area contributed by atoms with Gasteiger partial charge in [0.25, 0.3) is 0 Å². The van der Waals surface area contributed by atoms with E-state index in [2.05, 4.69) is 10.6 Å². The number of halogens is 1. The highest BCUT2D eigenvalue weighted by Crippen LogP contribution is 2.17. The minimum absolute atomic E-state index is 0. The van der Waals surface area contributed by atoms with Gasteiger partial charge in [-0.05, 0) is 31.9 Å². The molecule has 2 unspecified atom stereocenters. The van der Waals surface area contributed by atoms with E-state index in [1.807, 2.05) is 18.2 Å². The molecule has 0 spiro atoms. The van der Waals surface area contributed by atoms with Crippen LogP contribution in [-0.2, 0) is 4.79 Å². The molecule has 22 heavy (non-hydrogen) atoms. The number of urea groups is 1. The fourth-order valence-electron chi connectivity index (χ4n) is 2.57. The average molecular weight is 327 g/mol. The number of para-hydroxylation sites is 1. The first-order chi connectivity index (χ1) is 10.1. The van der Waals surface area contributed by atoms with Gasteiger partial charge in [0.2, 0.25) is 5.91 Å². The maximum atomic E-state index is 12.3. The number of anilines is 1. The maximum Gasteiger partial charge on any atom is 0.319 e. The smallest absolute Gasteiger partial charge is 0.319 e. The Morgan fingerprint density at radius 3 is 2.68 bits per heavy atom. The van der Waals surface area contributed by atoms with Crippen molar-refractivity contribution in [3.63, 3.8) is 0 Å². The van der Waals surface area contributed by atoms with Crippen molar-refractivity contribution < 1.29 is 9.59 Å². The number of carbonyl (C=O) groups is 2. The van der Waals surface area contributed by atoms with Crippen LogP contribution in [-0.4, -0.2) is 42.0 Å². The quantitative estimate of drug-likeness (QED) is 0.784. The molecule has 1 aromatic rings. The van der Waals surface area contributed by atoms with E-state index in [-0.39, 0.29) is 30.4 Å². The van der Waals surface area contributed by atoms with Crippen LogP contribution >= 0.6 is 12.4 Å². The standard InChI is InChI=1S/C15H22N4O2.ClH/c1-11(14(20)19-9-5-8-13(19)10-16)17-15(21)18-12-6-3-2-4-7-12;/h2-4,6-7,11,13H,5,8-10,16H2,1H3,(H2,17,18,21);1H. The average Bonchev–Trinajstić information content (AvgIpc) is 2.95. The molecule has 1 fully saturated rings. The number of rotatable bonds is 4. The molecule has 122 valence electrons. The second-order valence-electron chi connectivity index (χ2n) is 5.25. The van der Waals surface area contributed by atoms with Crippen molar-refractivity contribution in [1.82, 2.24) is 10.2 Å². The van der Waals surface area contributed by atoms with Gasteiger partial charge < -0.3 is 21.3 Å². The predicted molar refractivity (Wildman–Crippen MR) is 89.1 cm³/mol. The van der Waals surface area contributed by atoms with Crippen LogP contribution in [0.2, 0.25) is 0 Å². The Morgan fingerprint density at radius 1 is 1.36 bits per heavy atom. The van der Waals surface area contributed by atoms with E-state index in [1.165, 1.54) is 0 Å². The number of amides is 3. The highest BCUT2D eigenvalue weighted by atomic mass is 35.5. The molecule has 1 aliphatic rings. The van der Waals surface area contributed by atoms with Crippen molar-refractivity contribution in [1.29, 1.82) is 0 Å². The highest BCUT2D eigenvalue weighted by molar-refractivity contribution is 5.93. The molecule has 6 nitrogen and oxygen atoms in total. The van der Waals surface area contributed by atoms with Gasteiger partial charge in [-0.2, -0.15) is 0 Å². The fraction of sp³-hybridized carbons (Fsp3) is 0.467. The van der Waals surface area contributed by atoms with Crippen molar-refractivity contribution in [3.8, 4) is 0 Å². The number of benzene rings is 1. The van der Waals surface area contributed by atoms with Gasteiger partial charge in [-0.1, -0.05) is 18.2 Å². The minimum Gasteiger partial charge on any atom is -0.337 e. The van der Waals surface area contributed by atoms with Crippen LogP contribution < -0.4 is 16.4 Å². The largest absolute Gasteiger partial charge is 0.337 e. The zero-order valence-corrected chi connectivity index (χ0v) is 13.4. The Morgan fingerprint density at radius 2 is 2.05 bits per heavy atom. The summed E-state index contributed by atoms with van der Waals surface area (Å²) in [6.45, 7) is 2.88. The normalized spacial score (nSPS) is 18.3. The summed E-state index contributed by atoms with van der Waals surface area (Å²) >= 11 is 0. The maximum absolute atomic E-state index is 12.3. The zero-order valence-electron chi connectivity index (χ0n) is 12.6. The third-order valence-corrected chi connectivity index (χ3v) is 3.68. The number of hydrogen-bond acceptors (Lipinski definition) is 3. The molecule has 7 heteroatoms. The van der Waals surface area contributed by atoms with Gasteiger partial charge in [0, 0.05) is 24.8 Å². The Balaban J connectivity index is 0.00000242. The van der Waals surface area contributed by atoms with Crippen LogP contribution in [0.4, 0.5) is 10.5 Å². The number of carbonyl (C=O) groups excluding carboxylic acids is 2. The van der Waals surface area contributed by atoms with Gasteiger partial charge in [0.1, 0.15) is 6.04 Å². The SMILES string of the molecule is CC(NC(=O)Nc1ccccc1)C(=O)N1CCCC1CN.Cl. The number of hydrogen-bond donors (Lipinski definition) is 3. The first kappa shape index (κ1) is 18.3. The molecule has 2 atom stereocenters. The van der Waals surface area contributed by atoms with Gasteiger partial charge in [-0.25, -0.2) is 4.79 Å². The van der Waals surface area contributed by atoms with Crippen molar-refractivity contribution >= 4 is 30.0 Å². The summed E-state index contributed by atoms with van der Waals surface area (Å²) in [5.41, 5.74) is 6.36. The number of nitrogens with zero attached hydrogens (tertiary/aromatic N) is 1. The van der Waals surface area contributed by atoms with Crippen molar-refractivity contribution in [2.45, 2.75) is 31.8 Å². The number of likely N-dealkylation sites (tertiary alicyclic amines) is 1. The number of nitrogens with two attached hydrogens (primary N) is 1. The lowest BCUT2D eigenvalue weighted by atomic mass is 10.2. The molecular weight excluding hydrogens is 304 g/mol. The fourth-order valence-corrected chi connectivity index (χ4v) is 2.57. The number of nitrogens with one attached hydrogen (secondary N) is 2. The summed E-state index contributed by atoms with van der Waals surface area (Å²) in [5.74, 6) is -0.0776. The molecule has 0 bridgehead atoms. The lowest BCUT2D eigenvalue weighted by molar-refractivity contribution is -0.133. The third kappa shape index (κ3) is 4.61. The van der Waals surface area contributed by atoms with E-state index >= 15 is 0 Å². The van der Waals surface area contributed by atoms with E-state index < -0.39 is 6.04 Å². The minimum atomic E-state index is -0.569. The summed E-state index contributed by atoms with van der Waals surface area (Å²) < 4.78 is 0. The second kappa shape index (κ2) is 8.60. The van der Waals surface area contributed by atoms with Crippen LogP contribution in [0, 0.1) is 0 Å². The van der Waals surface area contributed by atoms with Gasteiger partial charge in [0.15, 0.2) is 0 Å². The first-order valence-corrected chi connectivity index (χ1v) is 7.25. The molecule has 0 saturated carbocycles. The van der Waals surface area contributed by atoms with E-state index in [9.17, 15) is 9.59 Å². The molecule has 1 aromatic carbocycles. The highest BCUT2D eigenvalue weighted by Gasteiger charge is 2.30. The summed E-state index contributed by atoms with van der Waals surface area (Å²) in [4.78, 5) is 26.0. The molecule has 3 amide bonds. The lowest BCUT2D eigenvalue weighted by Gasteiger charge is -2.27. The Labute approximate surface area is 136 Å². The van der Waals surface area contributed by atoms with E-state index in [4.69, 9.17) is 5.73 Å². The second-order valence-corrected chi connectivity index (χ2v) is 5.25. The molecule has 1 aliphatic heterocycles. The van der Waals surface area contributed by atoms with E-state index in [0.717, 1.165) is 12.8 Å². The molecule has 1 heterocycles. The summed E-state index contributed by atoms with van der Waals surface area (Å²) in [6.07, 6.45) is 1.90. The molecule has 0 aromatic heterocycles. The van der Waals surface area contributed by atoms with E-state index in [0.29, 0.717) is 18.8 Å². The Kier molecular flexibility index (Phi) is 7.14. The van der Waals surface area contributed by atoms with Gasteiger partial charge in [-0.15, -0.1) is 12.4 Å². The van der Waals surface area contributed by atoms with Gasteiger partial charge in [-0.3, -0.25) is 4.79 Å². The zero-order chi connectivity index (χ0) is 15.2. The van der Waals surface area contributed by atoms with Gasteiger partial charge in [0.05, 0.1) is 0 Å². The summed E-state index contributed by atoms with van der Waals surface area (Å²) in [7, 11) is 0. The van der Waals surface area contributed by atoms with Crippen molar-refractivity contribution in [2.75, 3.05) is 18.4 Å². The van der Waals surface area contributed by atoms with E-state index in [1.54, 1.807) is 24.0 Å². The Bertz CT molecular complexity index is 498. The van der Waals surface area contributed by atoms with Gasteiger partial charge >= 0.3 is 6.03 Å². The molecule has 2 rings (SSSR count). The summed E-state index contributed by atoms with van der Waals surface area (Å²) in [5, 5.41) is 5.37. The molecule has 1 saturated heterocycles. The van der Waals surface area contributed by atoms with Crippen LogP contribution in [0.3, 0.4) is 0 Å². The van der Waals surface area contributed by atoms with Crippen molar-refractivity contribution in [3.05, 3.63) is 30.3 Å². The van der Waals surface area contributed by atoms with Crippen LogP contribution in [0.15, 0.2) is 30.3 Å². The molecule has 0 aliphatic carbocycles. The topological polar surface area (TPSA) is 87.5 Å². The van der Waals surface area contributed by atoms with Crippen LogP contribution in [0.5, 0.6) is 0 Å². The third-order valence-electron chi connectivity index (χ3n) is 3.68. The molecule has 4 N–H and O–H groups in total. The predicted octanol–water partition coefficient (Wildman–Crippen LogP) is 1.57. The van der Waals surface area contributed by atoms with Crippen molar-refractivity contribution in [2.24, 2.45) is 5.73 Å². The first-order valence-electron chi connectivity index (χ1n) is 7.25. The Hall–Kier alpha value is -1.79. The van der Waals surface area contributed by atoms with Crippen LogP contribution in [0.1, 0.15) is 19.8 Å². The lowest BCUT2D eigenvalue weighted by Crippen LogP contribution is -2.50. The monoisotopic (exact) mass is 326 g/mol. The van der Waals surface area contributed by atoms with Crippen LogP contribution in [0.25, 0.3) is 0 Å².